The minimum atomic E-state index is -4.22. The molecule has 0 spiro atoms. The molecular formula is C30H24F5N5O2. The predicted molar refractivity (Wildman–Crippen MR) is 145 cm³/mol. The van der Waals surface area contributed by atoms with Crippen LogP contribution in [0.1, 0.15) is 27.9 Å². The number of benzene rings is 3. The molecule has 1 unspecified atom stereocenters. The number of ether oxygens (including phenoxy) is 1. The Hall–Kier alpha value is -4.99. The van der Waals surface area contributed by atoms with Gasteiger partial charge in [-0.05, 0) is 66.2 Å². The smallest absolute Gasteiger partial charge is 0.323 e. The molecule has 3 aromatic carbocycles. The van der Waals surface area contributed by atoms with Crippen molar-refractivity contribution in [3.63, 3.8) is 0 Å². The van der Waals surface area contributed by atoms with E-state index in [1.54, 1.807) is 36.4 Å². The number of aromatic nitrogens is 1. The first-order chi connectivity index (χ1) is 20.0. The van der Waals surface area contributed by atoms with E-state index in [9.17, 15) is 18.3 Å². The van der Waals surface area contributed by atoms with Crippen molar-refractivity contribution in [2.45, 2.75) is 18.1 Å². The number of alkyl halides is 2. The van der Waals surface area contributed by atoms with E-state index < -0.39 is 41.0 Å². The second-order valence-electron chi connectivity index (χ2n) is 9.12. The van der Waals surface area contributed by atoms with Crippen LogP contribution in [0, 0.1) is 29.3 Å². The summed E-state index contributed by atoms with van der Waals surface area (Å²) in [5.41, 5.74) is -3.46. The number of hydrazone groups is 1. The van der Waals surface area contributed by atoms with Crippen LogP contribution in [0.3, 0.4) is 0 Å². The Labute approximate surface area is 237 Å². The zero-order valence-electron chi connectivity index (χ0n) is 21.8. The molecule has 0 fully saturated rings. The van der Waals surface area contributed by atoms with E-state index in [0.717, 1.165) is 30.2 Å². The van der Waals surface area contributed by atoms with Crippen molar-refractivity contribution in [3.05, 3.63) is 130 Å². The molecule has 0 radical (unpaired) electrons. The molecule has 0 amide bonds. The van der Waals surface area contributed by atoms with Crippen LogP contribution in [0.2, 0.25) is 0 Å². The van der Waals surface area contributed by atoms with Crippen LogP contribution < -0.4 is 16.4 Å². The van der Waals surface area contributed by atoms with E-state index >= 15 is 8.78 Å². The predicted octanol–water partition coefficient (Wildman–Crippen LogP) is 4.54. The Bertz CT molecular complexity index is 1600. The van der Waals surface area contributed by atoms with Crippen LogP contribution in [-0.4, -0.2) is 28.0 Å². The van der Waals surface area contributed by atoms with Gasteiger partial charge in [-0.15, -0.1) is 0 Å². The van der Waals surface area contributed by atoms with Crippen molar-refractivity contribution in [3.8, 4) is 17.6 Å². The number of pyridine rings is 1. The standard InChI is InChI=1S/C30H24F5N5O2/c31-23-8-3-22(4-9-23)17-42-25-11-5-20(6-12-25)1-2-21-7-14-28(38-16-21)30(34,35)29(41,18-40(37)19-39-36)26-13-10-24(32)15-27(26)33/h3-16,19,41H,17-18,36-37H2/b39-19-. The molecule has 0 bridgehead atoms. The maximum absolute atomic E-state index is 15.8. The molecule has 0 aliphatic carbocycles. The van der Waals surface area contributed by atoms with Gasteiger partial charge in [0.1, 0.15) is 41.8 Å². The monoisotopic (exact) mass is 581 g/mol. The summed E-state index contributed by atoms with van der Waals surface area (Å²) in [4.78, 5) is 3.76. The Kier molecular flexibility index (Phi) is 9.05. The van der Waals surface area contributed by atoms with Crippen molar-refractivity contribution < 1.29 is 31.8 Å². The number of hydrogen-bond donors (Lipinski definition) is 3. The summed E-state index contributed by atoms with van der Waals surface area (Å²) < 4.78 is 78.3. The van der Waals surface area contributed by atoms with Crippen LogP contribution >= 0.6 is 0 Å². The molecule has 1 atom stereocenters. The third kappa shape index (κ3) is 6.83. The van der Waals surface area contributed by atoms with Crippen molar-refractivity contribution in [2.75, 3.05) is 6.54 Å². The lowest BCUT2D eigenvalue weighted by molar-refractivity contribution is -0.203. The van der Waals surface area contributed by atoms with Crippen molar-refractivity contribution in [2.24, 2.45) is 16.8 Å². The molecule has 1 heterocycles. The van der Waals surface area contributed by atoms with Crippen LogP contribution in [0.5, 0.6) is 5.75 Å². The van der Waals surface area contributed by atoms with Crippen molar-refractivity contribution in [1.29, 1.82) is 0 Å². The van der Waals surface area contributed by atoms with E-state index in [1.807, 2.05) is 0 Å². The van der Waals surface area contributed by atoms with Gasteiger partial charge in [0.15, 0.2) is 5.60 Å². The minimum Gasteiger partial charge on any atom is -0.489 e. The molecule has 42 heavy (non-hydrogen) atoms. The van der Waals surface area contributed by atoms with Gasteiger partial charge in [0.05, 0.1) is 6.54 Å². The molecule has 0 aliphatic rings. The number of halogens is 5. The molecule has 0 saturated heterocycles. The normalized spacial score (nSPS) is 12.8. The topological polar surface area (TPSA) is 110 Å². The second-order valence-corrected chi connectivity index (χ2v) is 9.12. The highest BCUT2D eigenvalue weighted by atomic mass is 19.3. The molecular weight excluding hydrogens is 557 g/mol. The average molecular weight is 582 g/mol. The Balaban J connectivity index is 1.51. The van der Waals surface area contributed by atoms with E-state index in [2.05, 4.69) is 21.9 Å². The molecule has 0 saturated carbocycles. The quantitative estimate of drug-likeness (QED) is 0.0669. The van der Waals surface area contributed by atoms with Crippen molar-refractivity contribution >= 4 is 6.34 Å². The van der Waals surface area contributed by atoms with Gasteiger partial charge in [0.2, 0.25) is 0 Å². The van der Waals surface area contributed by atoms with Crippen LogP contribution in [0.15, 0.2) is 90.2 Å². The summed E-state index contributed by atoms with van der Waals surface area (Å²) in [6.07, 6.45) is 1.82. The fourth-order valence-corrected chi connectivity index (χ4v) is 3.96. The number of hydrazine groups is 1. The van der Waals surface area contributed by atoms with E-state index in [1.165, 1.54) is 18.2 Å². The minimum absolute atomic E-state index is 0.251. The van der Waals surface area contributed by atoms with E-state index in [-0.39, 0.29) is 18.0 Å². The molecule has 5 N–H and O–H groups in total. The van der Waals surface area contributed by atoms with E-state index in [4.69, 9.17) is 16.4 Å². The SMILES string of the molecule is N/N=C\N(N)CC(O)(c1ccc(F)cc1F)C(F)(F)c1ccc(C#Cc2ccc(OCc3ccc(F)cc3)cc2)cn1. The first-order valence-corrected chi connectivity index (χ1v) is 12.3. The molecule has 12 heteroatoms. The number of nitrogens with zero attached hydrogens (tertiary/aromatic N) is 3. The van der Waals surface area contributed by atoms with Gasteiger partial charge < -0.3 is 15.7 Å². The van der Waals surface area contributed by atoms with Crippen LogP contribution in [-0.2, 0) is 18.1 Å². The third-order valence-corrected chi connectivity index (χ3v) is 6.13. The fraction of sp³-hybridized carbons (Fsp3) is 0.133. The Morgan fingerprint density at radius 2 is 1.55 bits per heavy atom. The summed E-state index contributed by atoms with van der Waals surface area (Å²) in [5.74, 6) is 9.85. The van der Waals surface area contributed by atoms with Crippen molar-refractivity contribution in [1.82, 2.24) is 9.99 Å². The lowest BCUT2D eigenvalue weighted by Crippen LogP contribution is -2.53. The summed E-state index contributed by atoms with van der Waals surface area (Å²) in [6.45, 7) is -0.823. The number of nitrogens with two attached hydrogens (primary N) is 2. The number of hydrogen-bond acceptors (Lipinski definition) is 6. The summed E-state index contributed by atoms with van der Waals surface area (Å²) in [7, 11) is 0. The molecule has 4 rings (SSSR count). The molecule has 7 nitrogen and oxygen atoms in total. The lowest BCUT2D eigenvalue weighted by atomic mass is 9.84. The molecule has 1 aromatic heterocycles. The number of rotatable bonds is 9. The highest BCUT2D eigenvalue weighted by Gasteiger charge is 2.58. The first-order valence-electron chi connectivity index (χ1n) is 12.3. The third-order valence-electron chi connectivity index (χ3n) is 6.13. The maximum atomic E-state index is 15.8. The second kappa shape index (κ2) is 12.7. The van der Waals surface area contributed by atoms with Crippen LogP contribution in [0.25, 0.3) is 0 Å². The average Bonchev–Trinajstić information content (AvgIpc) is 2.96. The summed E-state index contributed by atoms with van der Waals surface area (Å²) in [6, 6.07) is 16.7. The van der Waals surface area contributed by atoms with Gasteiger partial charge in [-0.2, -0.15) is 13.9 Å². The number of aliphatic hydroxyl groups is 1. The van der Waals surface area contributed by atoms with E-state index in [0.29, 0.717) is 28.5 Å². The van der Waals surface area contributed by atoms with Gasteiger partial charge in [-0.3, -0.25) is 9.99 Å². The highest BCUT2D eigenvalue weighted by Crippen LogP contribution is 2.45. The van der Waals surface area contributed by atoms with Gasteiger partial charge in [-0.1, -0.05) is 24.0 Å². The van der Waals surface area contributed by atoms with Gasteiger partial charge >= 0.3 is 5.92 Å². The fourth-order valence-electron chi connectivity index (χ4n) is 3.96. The van der Waals surface area contributed by atoms with Crippen LogP contribution in [0.4, 0.5) is 22.0 Å². The molecule has 216 valence electrons. The summed E-state index contributed by atoms with van der Waals surface area (Å²) >= 11 is 0. The van der Waals surface area contributed by atoms with Gasteiger partial charge in [0, 0.05) is 29.0 Å². The zero-order valence-corrected chi connectivity index (χ0v) is 21.8. The lowest BCUT2D eigenvalue weighted by Gasteiger charge is -2.37. The summed E-state index contributed by atoms with van der Waals surface area (Å²) in [5, 5.41) is 14.8. The highest BCUT2D eigenvalue weighted by molar-refractivity contribution is 5.54. The molecule has 4 aromatic rings. The Morgan fingerprint density at radius 3 is 2.17 bits per heavy atom. The zero-order chi connectivity index (χ0) is 30.3. The Morgan fingerprint density at radius 1 is 0.905 bits per heavy atom. The van der Waals surface area contributed by atoms with Gasteiger partial charge in [-0.25, -0.2) is 19.0 Å². The maximum Gasteiger partial charge on any atom is 0.323 e. The molecule has 0 aliphatic heterocycles. The first kappa shape index (κ1) is 30.0. The largest absolute Gasteiger partial charge is 0.489 e. The van der Waals surface area contributed by atoms with Gasteiger partial charge in [0.25, 0.3) is 0 Å².